The van der Waals surface area contributed by atoms with Gasteiger partial charge in [0.2, 0.25) is 11.8 Å². The van der Waals surface area contributed by atoms with Crippen LogP contribution in [-0.2, 0) is 20.9 Å². The molecule has 1 saturated heterocycles. The minimum atomic E-state index is -0.508. The Morgan fingerprint density at radius 2 is 1.93 bits per heavy atom. The zero-order valence-electron chi connectivity index (χ0n) is 15.9. The van der Waals surface area contributed by atoms with Crippen molar-refractivity contribution in [2.24, 2.45) is 5.73 Å². The van der Waals surface area contributed by atoms with Crippen molar-refractivity contribution < 1.29 is 19.1 Å². The number of aromatic nitrogens is 3. The van der Waals surface area contributed by atoms with Gasteiger partial charge in [0.05, 0.1) is 17.2 Å². The number of hydrogen-bond acceptors (Lipinski definition) is 8. The minimum absolute atomic E-state index is 0.0605. The molecule has 10 nitrogen and oxygen atoms in total. The first-order chi connectivity index (χ1) is 14.0. The molecule has 0 bridgehead atoms. The lowest BCUT2D eigenvalue weighted by Crippen LogP contribution is -2.51. The summed E-state index contributed by atoms with van der Waals surface area (Å²) in [5.74, 6) is 0.133. The van der Waals surface area contributed by atoms with Crippen molar-refractivity contribution in [2.45, 2.75) is 18.6 Å². The van der Waals surface area contributed by atoms with Crippen LogP contribution in [0.15, 0.2) is 22.7 Å². The van der Waals surface area contributed by atoms with Gasteiger partial charge in [-0.05, 0) is 18.4 Å². The highest BCUT2D eigenvalue weighted by atomic mass is 32.2. The Bertz CT molecular complexity index is 861. The van der Waals surface area contributed by atoms with Gasteiger partial charge in [-0.3, -0.25) is 14.2 Å². The molecule has 1 aliphatic heterocycles. The van der Waals surface area contributed by atoms with Crippen LogP contribution < -0.4 is 5.73 Å². The van der Waals surface area contributed by atoms with E-state index in [0.717, 1.165) is 4.88 Å². The van der Waals surface area contributed by atoms with E-state index in [1.165, 1.54) is 23.1 Å². The number of thiophene rings is 1. The predicted molar refractivity (Wildman–Crippen MR) is 108 cm³/mol. The number of ether oxygens (including phenoxy) is 1. The van der Waals surface area contributed by atoms with Crippen LogP contribution in [0.3, 0.4) is 0 Å². The average molecular weight is 439 g/mol. The quantitative estimate of drug-likeness (QED) is 0.637. The van der Waals surface area contributed by atoms with Gasteiger partial charge in [0.25, 0.3) is 0 Å². The maximum absolute atomic E-state index is 12.6. The van der Waals surface area contributed by atoms with Crippen LogP contribution in [0, 0.1) is 0 Å². The summed E-state index contributed by atoms with van der Waals surface area (Å²) in [6.07, 6.45) is -0.352. The molecule has 29 heavy (non-hydrogen) atoms. The molecule has 0 aromatic carbocycles. The molecular formula is C17H22N6O4S2. The highest BCUT2D eigenvalue weighted by Gasteiger charge is 2.25. The molecule has 3 rings (SSSR count). The van der Waals surface area contributed by atoms with E-state index in [-0.39, 0.29) is 24.3 Å². The van der Waals surface area contributed by atoms with Gasteiger partial charge >= 0.3 is 6.09 Å². The Morgan fingerprint density at radius 1 is 1.21 bits per heavy atom. The number of rotatable bonds is 7. The van der Waals surface area contributed by atoms with Crippen molar-refractivity contribution in [2.75, 3.05) is 38.5 Å². The summed E-state index contributed by atoms with van der Waals surface area (Å²) in [5, 5.41) is 10.7. The molecule has 0 atom stereocenters. The lowest BCUT2D eigenvalue weighted by atomic mass is 10.3. The molecule has 2 N–H and O–H groups in total. The Labute approximate surface area is 176 Å². The third kappa shape index (κ3) is 5.26. The standard InChI is InChI=1S/C17H22N6O4S2/c1-2-27-17(26)22-7-5-21(6-8-22)14(25)11-29-16-20-19-15(12-4-3-9-28-12)23(16)10-13(18)24/h3-4,9H,2,5-8,10-11H2,1H3,(H2,18,24). The topological polar surface area (TPSA) is 124 Å². The van der Waals surface area contributed by atoms with Crippen molar-refractivity contribution >= 4 is 41.0 Å². The Kier molecular flexibility index (Phi) is 7.09. The van der Waals surface area contributed by atoms with E-state index in [9.17, 15) is 14.4 Å². The summed E-state index contributed by atoms with van der Waals surface area (Å²) in [6, 6.07) is 3.77. The lowest BCUT2D eigenvalue weighted by molar-refractivity contribution is -0.129. The number of thioether (sulfide) groups is 1. The predicted octanol–water partition coefficient (Wildman–Crippen LogP) is 0.885. The fourth-order valence-corrected chi connectivity index (χ4v) is 4.41. The van der Waals surface area contributed by atoms with E-state index in [4.69, 9.17) is 10.5 Å². The van der Waals surface area contributed by atoms with Gasteiger partial charge in [0, 0.05) is 26.2 Å². The molecule has 12 heteroatoms. The molecule has 156 valence electrons. The van der Waals surface area contributed by atoms with Crippen LogP contribution in [0.1, 0.15) is 6.92 Å². The number of nitrogens with zero attached hydrogens (tertiary/aromatic N) is 5. The van der Waals surface area contributed by atoms with Gasteiger partial charge in [-0.25, -0.2) is 4.79 Å². The maximum Gasteiger partial charge on any atom is 0.409 e. The second-order valence-corrected chi connectivity index (χ2v) is 8.08. The SMILES string of the molecule is CCOC(=O)N1CCN(C(=O)CSc2nnc(-c3cccs3)n2CC(N)=O)CC1. The van der Waals surface area contributed by atoms with Crippen LogP contribution >= 0.6 is 23.1 Å². The first kappa shape index (κ1) is 21.1. The van der Waals surface area contributed by atoms with Gasteiger partial charge in [0.15, 0.2) is 11.0 Å². The van der Waals surface area contributed by atoms with E-state index in [2.05, 4.69) is 10.2 Å². The summed E-state index contributed by atoms with van der Waals surface area (Å²) in [6.45, 7) is 3.81. The first-order valence-electron chi connectivity index (χ1n) is 9.07. The van der Waals surface area contributed by atoms with Crippen LogP contribution in [-0.4, -0.2) is 81.0 Å². The van der Waals surface area contributed by atoms with Crippen LogP contribution in [0.5, 0.6) is 0 Å². The molecule has 3 amide bonds. The second-order valence-electron chi connectivity index (χ2n) is 6.19. The van der Waals surface area contributed by atoms with Crippen molar-refractivity contribution in [3.05, 3.63) is 17.5 Å². The molecule has 0 unspecified atom stereocenters. The van der Waals surface area contributed by atoms with Crippen LogP contribution in [0.4, 0.5) is 4.79 Å². The largest absolute Gasteiger partial charge is 0.450 e. The summed E-state index contributed by atoms with van der Waals surface area (Å²) < 4.78 is 6.61. The van der Waals surface area contributed by atoms with Crippen molar-refractivity contribution in [1.29, 1.82) is 0 Å². The number of nitrogens with two attached hydrogens (primary N) is 1. The Hall–Kier alpha value is -2.60. The number of primary amides is 1. The Balaban J connectivity index is 1.59. The molecule has 0 spiro atoms. The summed E-state index contributed by atoms with van der Waals surface area (Å²) in [4.78, 5) is 40.0. The lowest BCUT2D eigenvalue weighted by Gasteiger charge is -2.34. The summed E-state index contributed by atoms with van der Waals surface area (Å²) in [5.41, 5.74) is 5.37. The normalized spacial score (nSPS) is 14.1. The molecule has 2 aromatic rings. The molecule has 2 aromatic heterocycles. The third-order valence-corrected chi connectivity index (χ3v) is 6.07. The van der Waals surface area contributed by atoms with Crippen molar-refractivity contribution in [1.82, 2.24) is 24.6 Å². The van der Waals surface area contributed by atoms with E-state index >= 15 is 0 Å². The van der Waals surface area contributed by atoms with Gasteiger partial charge in [0.1, 0.15) is 6.54 Å². The second kappa shape index (κ2) is 9.74. The number of hydrogen-bond donors (Lipinski definition) is 1. The van der Waals surface area contributed by atoms with Gasteiger partial charge in [-0.2, -0.15) is 0 Å². The maximum atomic E-state index is 12.6. The average Bonchev–Trinajstić information content (AvgIpc) is 3.36. The fourth-order valence-electron chi connectivity index (χ4n) is 2.85. The first-order valence-corrected chi connectivity index (χ1v) is 10.9. The number of piperazine rings is 1. The molecule has 3 heterocycles. The van der Waals surface area contributed by atoms with Crippen molar-refractivity contribution in [3.8, 4) is 10.7 Å². The van der Waals surface area contributed by atoms with Crippen LogP contribution in [0.2, 0.25) is 0 Å². The molecule has 0 aliphatic carbocycles. The zero-order valence-corrected chi connectivity index (χ0v) is 17.6. The highest BCUT2D eigenvalue weighted by Crippen LogP contribution is 2.27. The zero-order chi connectivity index (χ0) is 20.8. The summed E-state index contributed by atoms with van der Waals surface area (Å²) >= 11 is 2.70. The minimum Gasteiger partial charge on any atom is -0.450 e. The van der Waals surface area contributed by atoms with Crippen LogP contribution in [0.25, 0.3) is 10.7 Å². The van der Waals surface area contributed by atoms with E-state index in [0.29, 0.717) is 43.8 Å². The highest BCUT2D eigenvalue weighted by molar-refractivity contribution is 7.99. The molecule has 0 radical (unpaired) electrons. The molecular weight excluding hydrogens is 416 g/mol. The number of amides is 3. The summed E-state index contributed by atoms with van der Waals surface area (Å²) in [7, 11) is 0. The van der Waals surface area contributed by atoms with E-state index in [1.54, 1.807) is 21.3 Å². The van der Waals surface area contributed by atoms with E-state index < -0.39 is 5.91 Å². The monoisotopic (exact) mass is 438 g/mol. The van der Waals surface area contributed by atoms with E-state index in [1.807, 2.05) is 17.5 Å². The number of carbonyl (C=O) groups is 3. The Morgan fingerprint density at radius 3 is 2.55 bits per heavy atom. The van der Waals surface area contributed by atoms with Gasteiger partial charge in [-0.1, -0.05) is 17.8 Å². The third-order valence-electron chi connectivity index (χ3n) is 4.26. The van der Waals surface area contributed by atoms with Gasteiger partial charge in [-0.15, -0.1) is 21.5 Å². The molecule has 0 saturated carbocycles. The smallest absolute Gasteiger partial charge is 0.409 e. The molecule has 1 fully saturated rings. The fraction of sp³-hybridized carbons (Fsp3) is 0.471. The van der Waals surface area contributed by atoms with Gasteiger partial charge < -0.3 is 20.3 Å². The van der Waals surface area contributed by atoms with Crippen molar-refractivity contribution in [3.63, 3.8) is 0 Å². The molecule has 1 aliphatic rings. The number of carbonyl (C=O) groups excluding carboxylic acids is 3.